The molecule has 0 saturated heterocycles. The van der Waals surface area contributed by atoms with E-state index in [0.717, 1.165) is 35.6 Å². The Morgan fingerprint density at radius 2 is 2.28 bits per heavy atom. The molecule has 0 radical (unpaired) electrons. The van der Waals surface area contributed by atoms with Crippen molar-refractivity contribution in [2.24, 2.45) is 0 Å². The summed E-state index contributed by atoms with van der Waals surface area (Å²) in [5.41, 5.74) is 5.92. The Labute approximate surface area is 111 Å². The number of fused-ring (bicyclic) bond motifs is 1. The minimum atomic E-state index is 0.571. The second-order valence-corrected chi connectivity index (χ2v) is 5.14. The van der Waals surface area contributed by atoms with Gasteiger partial charge < -0.3 is 10.5 Å². The summed E-state index contributed by atoms with van der Waals surface area (Å²) in [6.07, 6.45) is 1.00. The number of ether oxygens (including phenoxy) is 1. The second kappa shape index (κ2) is 6.08. The Kier molecular flexibility index (Phi) is 4.46. The lowest BCUT2D eigenvalue weighted by Crippen LogP contribution is -2.21. The fourth-order valence-corrected chi connectivity index (χ4v) is 2.58. The summed E-state index contributed by atoms with van der Waals surface area (Å²) in [4.78, 5) is 12.0. The Morgan fingerprint density at radius 1 is 1.44 bits per heavy atom. The van der Waals surface area contributed by atoms with Crippen molar-refractivity contribution in [3.63, 3.8) is 0 Å². The first-order chi connectivity index (χ1) is 8.70. The molecule has 0 fully saturated rings. The summed E-state index contributed by atoms with van der Waals surface area (Å²) < 4.78 is 5.03. The van der Waals surface area contributed by atoms with Gasteiger partial charge in [-0.2, -0.15) is 0 Å². The maximum absolute atomic E-state index is 5.92. The molecule has 0 aliphatic rings. The highest BCUT2D eigenvalue weighted by atomic mass is 32.1. The molecule has 5 nitrogen and oxygen atoms in total. The highest BCUT2D eigenvalue weighted by Crippen LogP contribution is 2.22. The zero-order valence-corrected chi connectivity index (χ0v) is 11.5. The van der Waals surface area contributed by atoms with Crippen LogP contribution in [0.3, 0.4) is 0 Å². The first-order valence-corrected chi connectivity index (χ1v) is 6.75. The van der Waals surface area contributed by atoms with Crippen LogP contribution in [-0.2, 0) is 11.3 Å². The standard InChI is InChI=1S/C12H18N4OS/c1-16(5-3-6-17-2)8-10-14-11(13)9-4-7-18-12(9)15-10/h4,7H,3,5-6,8H2,1-2H3,(H2,13,14,15). The van der Waals surface area contributed by atoms with Gasteiger partial charge in [0.05, 0.1) is 11.9 Å². The molecule has 6 heteroatoms. The summed E-state index contributed by atoms with van der Waals surface area (Å²) in [6, 6.07) is 1.96. The van der Waals surface area contributed by atoms with Crippen LogP contribution in [0.5, 0.6) is 0 Å². The molecule has 2 aromatic rings. The zero-order chi connectivity index (χ0) is 13.0. The number of nitrogens with zero attached hydrogens (tertiary/aromatic N) is 3. The summed E-state index contributed by atoms with van der Waals surface area (Å²) >= 11 is 1.59. The predicted molar refractivity (Wildman–Crippen MR) is 74.7 cm³/mol. The molecule has 0 saturated carbocycles. The molecule has 2 heterocycles. The Bertz CT molecular complexity index is 514. The van der Waals surface area contributed by atoms with Crippen LogP contribution < -0.4 is 5.73 Å². The van der Waals surface area contributed by atoms with Gasteiger partial charge in [-0.3, -0.25) is 4.90 Å². The number of nitrogens with two attached hydrogens (primary N) is 1. The van der Waals surface area contributed by atoms with Gasteiger partial charge in [-0.25, -0.2) is 9.97 Å². The van der Waals surface area contributed by atoms with Gasteiger partial charge in [0, 0.05) is 20.3 Å². The number of methoxy groups -OCH3 is 1. The van der Waals surface area contributed by atoms with Crippen molar-refractivity contribution in [2.45, 2.75) is 13.0 Å². The normalized spacial score (nSPS) is 11.5. The average Bonchev–Trinajstić information content (AvgIpc) is 2.78. The molecule has 0 spiro atoms. The third-order valence-corrected chi connectivity index (χ3v) is 3.51. The smallest absolute Gasteiger partial charge is 0.146 e. The highest BCUT2D eigenvalue weighted by Gasteiger charge is 2.08. The SMILES string of the molecule is COCCCN(C)Cc1nc(N)c2ccsc2n1. The predicted octanol–water partition coefficient (Wildman–Crippen LogP) is 1.74. The maximum atomic E-state index is 5.92. The number of aromatic nitrogens is 2. The van der Waals surface area contributed by atoms with Crippen LogP contribution in [0.15, 0.2) is 11.4 Å². The van der Waals surface area contributed by atoms with Crippen molar-refractivity contribution in [1.29, 1.82) is 0 Å². The first kappa shape index (κ1) is 13.2. The van der Waals surface area contributed by atoms with Crippen molar-refractivity contribution in [2.75, 3.05) is 33.0 Å². The van der Waals surface area contributed by atoms with E-state index in [1.165, 1.54) is 0 Å². The number of anilines is 1. The van der Waals surface area contributed by atoms with Crippen LogP contribution in [-0.4, -0.2) is 42.2 Å². The lowest BCUT2D eigenvalue weighted by Gasteiger charge is -2.15. The summed E-state index contributed by atoms with van der Waals surface area (Å²) in [6.45, 7) is 2.44. The van der Waals surface area contributed by atoms with E-state index in [1.54, 1.807) is 18.4 Å². The first-order valence-electron chi connectivity index (χ1n) is 5.88. The van der Waals surface area contributed by atoms with Gasteiger partial charge in [0.2, 0.25) is 0 Å². The van der Waals surface area contributed by atoms with E-state index in [-0.39, 0.29) is 0 Å². The van der Waals surface area contributed by atoms with E-state index >= 15 is 0 Å². The third kappa shape index (κ3) is 3.16. The van der Waals surface area contributed by atoms with Crippen LogP contribution in [0, 0.1) is 0 Å². The number of hydrogen-bond donors (Lipinski definition) is 1. The largest absolute Gasteiger partial charge is 0.385 e. The molecule has 0 aliphatic heterocycles. The van der Waals surface area contributed by atoms with Gasteiger partial charge in [-0.1, -0.05) is 0 Å². The van der Waals surface area contributed by atoms with Crippen LogP contribution in [0.2, 0.25) is 0 Å². The molecule has 0 aromatic carbocycles. The van der Waals surface area contributed by atoms with Gasteiger partial charge in [-0.05, 0) is 24.9 Å². The van der Waals surface area contributed by atoms with Gasteiger partial charge in [-0.15, -0.1) is 11.3 Å². The van der Waals surface area contributed by atoms with Crippen molar-refractivity contribution in [3.8, 4) is 0 Å². The number of hydrogen-bond acceptors (Lipinski definition) is 6. The third-order valence-electron chi connectivity index (χ3n) is 2.70. The van der Waals surface area contributed by atoms with Gasteiger partial charge in [0.25, 0.3) is 0 Å². The Hall–Kier alpha value is -1.24. The number of rotatable bonds is 6. The minimum Gasteiger partial charge on any atom is -0.385 e. The summed E-state index contributed by atoms with van der Waals surface area (Å²) in [5.74, 6) is 1.35. The lowest BCUT2D eigenvalue weighted by atomic mass is 10.3. The molecule has 2 N–H and O–H groups in total. The van der Waals surface area contributed by atoms with E-state index in [1.807, 2.05) is 18.5 Å². The van der Waals surface area contributed by atoms with E-state index in [4.69, 9.17) is 10.5 Å². The zero-order valence-electron chi connectivity index (χ0n) is 10.7. The molecule has 0 aliphatic carbocycles. The molecule has 0 atom stereocenters. The molecule has 0 unspecified atom stereocenters. The van der Waals surface area contributed by atoms with Crippen molar-refractivity contribution in [1.82, 2.24) is 14.9 Å². The van der Waals surface area contributed by atoms with Crippen LogP contribution in [0.25, 0.3) is 10.2 Å². The number of nitrogen functional groups attached to an aromatic ring is 1. The molecule has 0 bridgehead atoms. The van der Waals surface area contributed by atoms with Gasteiger partial charge >= 0.3 is 0 Å². The molecular weight excluding hydrogens is 248 g/mol. The van der Waals surface area contributed by atoms with Crippen LogP contribution in [0.1, 0.15) is 12.2 Å². The topological polar surface area (TPSA) is 64.3 Å². The van der Waals surface area contributed by atoms with Crippen LogP contribution in [0.4, 0.5) is 5.82 Å². The fourth-order valence-electron chi connectivity index (χ4n) is 1.79. The van der Waals surface area contributed by atoms with Crippen molar-refractivity contribution >= 4 is 27.4 Å². The van der Waals surface area contributed by atoms with E-state index in [0.29, 0.717) is 12.4 Å². The van der Waals surface area contributed by atoms with Gasteiger partial charge in [0.1, 0.15) is 16.5 Å². The van der Waals surface area contributed by atoms with Crippen LogP contribution >= 0.6 is 11.3 Å². The summed E-state index contributed by atoms with van der Waals surface area (Å²) in [7, 11) is 3.77. The second-order valence-electron chi connectivity index (χ2n) is 4.25. The van der Waals surface area contributed by atoms with Crippen molar-refractivity contribution < 1.29 is 4.74 Å². The molecule has 2 rings (SSSR count). The van der Waals surface area contributed by atoms with Gasteiger partial charge in [0.15, 0.2) is 0 Å². The molecular formula is C12H18N4OS. The average molecular weight is 266 g/mol. The van der Waals surface area contributed by atoms with E-state index in [2.05, 4.69) is 14.9 Å². The Morgan fingerprint density at radius 3 is 3.06 bits per heavy atom. The highest BCUT2D eigenvalue weighted by molar-refractivity contribution is 7.16. The number of thiophene rings is 1. The molecule has 18 heavy (non-hydrogen) atoms. The fraction of sp³-hybridized carbons (Fsp3) is 0.500. The molecule has 98 valence electrons. The minimum absolute atomic E-state index is 0.571. The maximum Gasteiger partial charge on any atom is 0.146 e. The van der Waals surface area contributed by atoms with E-state index < -0.39 is 0 Å². The lowest BCUT2D eigenvalue weighted by molar-refractivity contribution is 0.177. The molecule has 2 aromatic heterocycles. The van der Waals surface area contributed by atoms with E-state index in [9.17, 15) is 0 Å². The monoisotopic (exact) mass is 266 g/mol. The summed E-state index contributed by atoms with van der Waals surface area (Å²) in [5, 5.41) is 2.94. The quantitative estimate of drug-likeness (QED) is 0.807. The molecule has 0 amide bonds. The Balaban J connectivity index is 2.02. The van der Waals surface area contributed by atoms with Crippen molar-refractivity contribution in [3.05, 3.63) is 17.3 Å².